The number of hydrogen-bond acceptors (Lipinski definition) is 5. The average molecular weight is 310 g/mol. The first kappa shape index (κ1) is 14.7. The van der Waals surface area contributed by atoms with E-state index in [1.54, 1.807) is 36.7 Å². The van der Waals surface area contributed by atoms with E-state index in [1.165, 1.54) is 11.8 Å². The number of amidine groups is 1. The molecule has 1 aliphatic carbocycles. The summed E-state index contributed by atoms with van der Waals surface area (Å²) in [5.74, 6) is 0. The highest BCUT2D eigenvalue weighted by Gasteiger charge is 2.35. The third-order valence-corrected chi connectivity index (χ3v) is 5.11. The minimum atomic E-state index is -3.27. The second kappa shape index (κ2) is 6.15. The molecule has 0 saturated heterocycles. The molecule has 1 aromatic rings. The van der Waals surface area contributed by atoms with Crippen LogP contribution in [-0.2, 0) is 10.0 Å². The molecule has 0 spiro atoms. The second-order valence-electron chi connectivity index (χ2n) is 4.25. The van der Waals surface area contributed by atoms with Crippen LogP contribution in [0.4, 0.5) is 11.4 Å². The zero-order valence-corrected chi connectivity index (χ0v) is 12.5. The maximum absolute atomic E-state index is 11.8. The van der Waals surface area contributed by atoms with Gasteiger partial charge >= 0.3 is 0 Å². The zero-order chi connectivity index (χ0) is 14.6. The number of nitrogens with one attached hydrogen (secondary N) is 2. The van der Waals surface area contributed by atoms with Gasteiger partial charge in [-0.3, -0.25) is 10.0 Å². The maximum atomic E-state index is 11.8. The van der Waals surface area contributed by atoms with E-state index in [9.17, 15) is 8.42 Å². The van der Waals surface area contributed by atoms with Crippen molar-refractivity contribution in [2.75, 3.05) is 11.0 Å². The molecule has 0 radical (unpaired) electrons. The largest absolute Gasteiger partial charge is 0.283 e. The van der Waals surface area contributed by atoms with Crippen molar-refractivity contribution in [2.45, 2.75) is 18.1 Å². The Kier molecular flexibility index (Phi) is 4.52. The van der Waals surface area contributed by atoms with Gasteiger partial charge in [-0.1, -0.05) is 17.8 Å². The lowest BCUT2D eigenvalue weighted by molar-refractivity contribution is 0.600. The fraction of sp³-hybridized carbons (Fsp3) is 0.333. The molecule has 0 unspecified atom stereocenters. The third-order valence-electron chi connectivity index (χ3n) is 2.66. The van der Waals surface area contributed by atoms with Crippen molar-refractivity contribution in [1.82, 2.24) is 5.32 Å². The first-order valence-electron chi connectivity index (χ1n) is 5.94. The Bertz CT molecular complexity index is 660. The van der Waals surface area contributed by atoms with Crippen molar-refractivity contribution in [2.24, 2.45) is 4.99 Å². The molecule has 1 aliphatic rings. The van der Waals surface area contributed by atoms with Gasteiger partial charge in [0, 0.05) is 0 Å². The van der Waals surface area contributed by atoms with Crippen LogP contribution >= 0.6 is 11.8 Å². The quantitative estimate of drug-likeness (QED) is 0.384. The summed E-state index contributed by atoms with van der Waals surface area (Å²) in [6.45, 7) is 0. The summed E-state index contributed by atoms with van der Waals surface area (Å²) in [7, 11) is -3.27. The van der Waals surface area contributed by atoms with Gasteiger partial charge in [0.25, 0.3) is 0 Å². The van der Waals surface area contributed by atoms with E-state index in [-0.39, 0.29) is 5.25 Å². The smallest absolute Gasteiger partial charge is 0.235 e. The van der Waals surface area contributed by atoms with Crippen molar-refractivity contribution in [3.8, 4) is 6.19 Å². The predicted molar refractivity (Wildman–Crippen MR) is 81.4 cm³/mol. The summed E-state index contributed by atoms with van der Waals surface area (Å²) in [5, 5.41) is 11.2. The van der Waals surface area contributed by atoms with Crippen LogP contribution in [0.15, 0.2) is 29.3 Å². The molecule has 2 N–H and O–H groups in total. The molecule has 0 heterocycles. The van der Waals surface area contributed by atoms with Crippen molar-refractivity contribution < 1.29 is 8.42 Å². The van der Waals surface area contributed by atoms with E-state index in [2.05, 4.69) is 15.0 Å². The Morgan fingerprint density at radius 3 is 2.85 bits per heavy atom. The molecule has 0 bridgehead atoms. The Balaban J connectivity index is 2.18. The molecule has 2 rings (SSSR count). The van der Waals surface area contributed by atoms with Gasteiger partial charge < -0.3 is 0 Å². The van der Waals surface area contributed by atoms with E-state index >= 15 is 0 Å². The maximum Gasteiger partial charge on any atom is 0.235 e. The highest BCUT2D eigenvalue weighted by molar-refractivity contribution is 8.13. The minimum absolute atomic E-state index is 0.267. The lowest BCUT2D eigenvalue weighted by Gasteiger charge is -2.07. The summed E-state index contributed by atoms with van der Waals surface area (Å²) in [4.78, 5) is 4.23. The van der Waals surface area contributed by atoms with Gasteiger partial charge in [0.1, 0.15) is 0 Å². The van der Waals surface area contributed by atoms with Gasteiger partial charge in [-0.25, -0.2) is 13.4 Å². The van der Waals surface area contributed by atoms with Gasteiger partial charge in [0.2, 0.25) is 10.0 Å². The molecule has 1 aromatic carbocycles. The summed E-state index contributed by atoms with van der Waals surface area (Å²) in [6, 6.07) is 6.77. The lowest BCUT2D eigenvalue weighted by Crippen LogP contribution is -2.17. The first-order valence-corrected chi connectivity index (χ1v) is 8.72. The van der Waals surface area contributed by atoms with Crippen LogP contribution in [0.2, 0.25) is 0 Å². The number of aliphatic imine (C=N–C) groups is 1. The average Bonchev–Trinajstić information content (AvgIpc) is 3.22. The zero-order valence-electron chi connectivity index (χ0n) is 10.8. The molecule has 8 heteroatoms. The van der Waals surface area contributed by atoms with Crippen molar-refractivity contribution >= 4 is 38.3 Å². The number of nitriles is 1. The molecule has 0 aliphatic heterocycles. The summed E-state index contributed by atoms with van der Waals surface area (Å²) >= 11 is 1.30. The Hall–Kier alpha value is -1.72. The molecule has 0 atom stereocenters. The monoisotopic (exact) mass is 310 g/mol. The fourth-order valence-electron chi connectivity index (χ4n) is 1.55. The van der Waals surface area contributed by atoms with Gasteiger partial charge in [-0.05, 0) is 37.3 Å². The Morgan fingerprint density at radius 2 is 2.25 bits per heavy atom. The number of benzene rings is 1. The van der Waals surface area contributed by atoms with E-state index in [0.29, 0.717) is 16.5 Å². The molecule has 1 saturated carbocycles. The molecule has 20 heavy (non-hydrogen) atoms. The van der Waals surface area contributed by atoms with E-state index in [1.807, 2.05) is 0 Å². The third kappa shape index (κ3) is 3.88. The van der Waals surface area contributed by atoms with E-state index in [0.717, 1.165) is 12.8 Å². The van der Waals surface area contributed by atoms with Crippen LogP contribution in [0.25, 0.3) is 0 Å². The molecule has 1 fully saturated rings. The van der Waals surface area contributed by atoms with Gasteiger partial charge in [0.15, 0.2) is 11.4 Å². The molecule has 0 amide bonds. The highest BCUT2D eigenvalue weighted by Crippen LogP contribution is 2.30. The molecule has 106 valence electrons. The van der Waals surface area contributed by atoms with Crippen molar-refractivity contribution in [3.63, 3.8) is 0 Å². The number of rotatable bonds is 4. The number of sulfonamides is 1. The van der Waals surface area contributed by atoms with E-state index < -0.39 is 10.0 Å². The van der Waals surface area contributed by atoms with Gasteiger partial charge in [-0.15, -0.1) is 0 Å². The predicted octanol–water partition coefficient (Wildman–Crippen LogP) is 2.01. The Labute approximate surface area is 122 Å². The van der Waals surface area contributed by atoms with Gasteiger partial charge in [-0.2, -0.15) is 5.26 Å². The van der Waals surface area contributed by atoms with E-state index in [4.69, 9.17) is 5.26 Å². The van der Waals surface area contributed by atoms with Crippen molar-refractivity contribution in [1.29, 1.82) is 5.26 Å². The van der Waals surface area contributed by atoms with Crippen LogP contribution in [-0.4, -0.2) is 25.1 Å². The highest BCUT2D eigenvalue weighted by atomic mass is 32.2. The topological polar surface area (TPSA) is 94.3 Å². The molecule has 0 aromatic heterocycles. The Morgan fingerprint density at radius 1 is 1.50 bits per heavy atom. The SMILES string of the molecule is CSC(=Nc1cccc(NS(=O)(=O)C2CC2)c1)NC#N. The standard InChI is InChI=1S/C12H14N4O2S2/c1-19-12(14-8-13)15-9-3-2-4-10(7-9)16-20(17,18)11-5-6-11/h2-4,7,11,16H,5-6H2,1H3,(H,14,15). The molecular formula is C12H14N4O2S2. The van der Waals surface area contributed by atoms with Crippen LogP contribution in [0.1, 0.15) is 12.8 Å². The van der Waals surface area contributed by atoms with Crippen LogP contribution in [0.5, 0.6) is 0 Å². The fourth-order valence-corrected chi connectivity index (χ4v) is 3.28. The second-order valence-corrected chi connectivity index (χ2v) is 7.01. The summed E-state index contributed by atoms with van der Waals surface area (Å²) < 4.78 is 26.3. The molecular weight excluding hydrogens is 296 g/mol. The lowest BCUT2D eigenvalue weighted by atomic mass is 10.3. The van der Waals surface area contributed by atoms with Crippen LogP contribution in [0.3, 0.4) is 0 Å². The van der Waals surface area contributed by atoms with Crippen LogP contribution < -0.4 is 10.0 Å². The van der Waals surface area contributed by atoms with Gasteiger partial charge in [0.05, 0.1) is 16.6 Å². The first-order chi connectivity index (χ1) is 9.55. The normalized spacial score (nSPS) is 15.5. The number of hydrogen-bond donors (Lipinski definition) is 2. The number of anilines is 1. The summed E-state index contributed by atoms with van der Waals surface area (Å²) in [6.07, 6.45) is 5.03. The van der Waals surface area contributed by atoms with Crippen LogP contribution in [0, 0.1) is 11.5 Å². The van der Waals surface area contributed by atoms with Crippen molar-refractivity contribution in [3.05, 3.63) is 24.3 Å². The molecule has 6 nitrogen and oxygen atoms in total. The number of nitrogens with zero attached hydrogens (tertiary/aromatic N) is 2. The number of thioether (sulfide) groups is 1. The summed E-state index contributed by atoms with van der Waals surface area (Å²) in [5.41, 5.74) is 1.06. The minimum Gasteiger partial charge on any atom is -0.283 e.